The van der Waals surface area contributed by atoms with Gasteiger partial charge in [-0.1, -0.05) is 18.2 Å². The molecule has 1 aliphatic heterocycles. The molecule has 1 aliphatic rings. The number of nitrogens with one attached hydrogen (secondary N) is 1. The van der Waals surface area contributed by atoms with Crippen LogP contribution >= 0.6 is 11.3 Å². The highest BCUT2D eigenvalue weighted by Crippen LogP contribution is 2.32. The van der Waals surface area contributed by atoms with Gasteiger partial charge in [0, 0.05) is 17.1 Å². The van der Waals surface area contributed by atoms with Gasteiger partial charge in [-0.05, 0) is 31.2 Å². The number of hydrogen-bond donors (Lipinski definition) is 1. The highest BCUT2D eigenvalue weighted by molar-refractivity contribution is 7.92. The first-order valence-corrected chi connectivity index (χ1v) is 12.5. The maximum Gasteiger partial charge on any atom is 0.242 e. The number of thiazole rings is 1. The van der Waals surface area contributed by atoms with E-state index in [-0.39, 0.29) is 12.4 Å². The number of benzene rings is 2. The third kappa shape index (κ3) is 5.38. The maximum absolute atomic E-state index is 12.8. The topological polar surface area (TPSA) is 104 Å². The summed E-state index contributed by atoms with van der Waals surface area (Å²) in [5.74, 6) is 0.860. The van der Waals surface area contributed by atoms with Crippen LogP contribution in [0.1, 0.15) is 17.6 Å². The molecule has 1 N–H and O–H groups in total. The molecule has 8 nitrogen and oxygen atoms in total. The van der Waals surface area contributed by atoms with E-state index in [1.54, 1.807) is 23.6 Å². The standard InChI is InChI=1S/C22H22N2O6S2/c1-15(22(25)24-16-7-8-19-20(11-16)29-10-9-28-19)32(26,27)14-17-13-31-21(23-17)12-30-18-5-3-2-4-6-18/h2-8,11,13,15H,9-10,12,14H2,1H3,(H,24,25). The van der Waals surface area contributed by atoms with Crippen LogP contribution in [-0.2, 0) is 27.0 Å². The third-order valence-corrected chi connectivity index (χ3v) is 7.63. The number of rotatable bonds is 8. The number of carbonyl (C=O) groups excluding carboxylic acids is 1. The first-order chi connectivity index (χ1) is 15.4. The average molecular weight is 475 g/mol. The second kappa shape index (κ2) is 9.58. The molecular formula is C22H22N2O6S2. The van der Waals surface area contributed by atoms with Crippen molar-refractivity contribution < 1.29 is 27.4 Å². The van der Waals surface area contributed by atoms with Crippen molar-refractivity contribution >= 4 is 32.8 Å². The first-order valence-electron chi connectivity index (χ1n) is 9.94. The van der Waals surface area contributed by atoms with E-state index < -0.39 is 21.0 Å². The number of anilines is 1. The zero-order valence-corrected chi connectivity index (χ0v) is 18.9. The summed E-state index contributed by atoms with van der Waals surface area (Å²) < 4.78 is 42.1. The summed E-state index contributed by atoms with van der Waals surface area (Å²) in [6, 6.07) is 14.2. The van der Waals surface area contributed by atoms with Crippen molar-refractivity contribution in [3.63, 3.8) is 0 Å². The number of hydrogen-bond acceptors (Lipinski definition) is 8. The van der Waals surface area contributed by atoms with Crippen molar-refractivity contribution in [1.82, 2.24) is 4.98 Å². The van der Waals surface area contributed by atoms with Crippen LogP contribution < -0.4 is 19.5 Å². The van der Waals surface area contributed by atoms with Gasteiger partial charge in [-0.3, -0.25) is 4.79 Å². The fourth-order valence-electron chi connectivity index (χ4n) is 3.00. The van der Waals surface area contributed by atoms with Crippen molar-refractivity contribution in [2.75, 3.05) is 18.5 Å². The lowest BCUT2D eigenvalue weighted by molar-refractivity contribution is -0.115. The Bertz CT molecular complexity index is 1190. The highest BCUT2D eigenvalue weighted by Gasteiger charge is 2.29. The third-order valence-electron chi connectivity index (χ3n) is 4.77. The van der Waals surface area contributed by atoms with Crippen molar-refractivity contribution in [3.05, 3.63) is 64.6 Å². The Morgan fingerprint density at radius 1 is 1.16 bits per heavy atom. The second-order valence-electron chi connectivity index (χ2n) is 7.13. The molecule has 2 heterocycles. The number of para-hydroxylation sites is 1. The number of fused-ring (bicyclic) bond motifs is 1. The maximum atomic E-state index is 12.8. The van der Waals surface area contributed by atoms with E-state index in [0.29, 0.717) is 46.9 Å². The first kappa shape index (κ1) is 22.1. The minimum Gasteiger partial charge on any atom is -0.486 e. The molecule has 0 spiro atoms. The molecule has 0 saturated carbocycles. The Balaban J connectivity index is 1.35. The molecule has 1 amide bonds. The lowest BCUT2D eigenvalue weighted by Gasteiger charge is -2.19. The smallest absolute Gasteiger partial charge is 0.242 e. The van der Waals surface area contributed by atoms with Crippen LogP contribution in [-0.4, -0.2) is 37.8 Å². The molecule has 1 unspecified atom stereocenters. The van der Waals surface area contributed by atoms with Gasteiger partial charge >= 0.3 is 0 Å². The van der Waals surface area contributed by atoms with Crippen LogP contribution in [0.25, 0.3) is 0 Å². The van der Waals surface area contributed by atoms with E-state index in [1.165, 1.54) is 18.3 Å². The summed E-state index contributed by atoms with van der Waals surface area (Å²) >= 11 is 1.32. The number of sulfone groups is 1. The fraction of sp³-hybridized carbons (Fsp3) is 0.273. The Morgan fingerprint density at radius 3 is 2.69 bits per heavy atom. The van der Waals surface area contributed by atoms with Gasteiger partial charge in [0.2, 0.25) is 5.91 Å². The van der Waals surface area contributed by atoms with Gasteiger partial charge in [-0.2, -0.15) is 0 Å². The molecule has 3 aromatic rings. The lowest BCUT2D eigenvalue weighted by Crippen LogP contribution is -2.33. The van der Waals surface area contributed by atoms with Crippen LogP contribution in [0, 0.1) is 0 Å². The second-order valence-corrected chi connectivity index (χ2v) is 10.4. The van der Waals surface area contributed by atoms with Crippen molar-refractivity contribution in [2.24, 2.45) is 0 Å². The van der Waals surface area contributed by atoms with Gasteiger partial charge in [0.15, 0.2) is 21.3 Å². The van der Waals surface area contributed by atoms with Crippen LogP contribution in [0.2, 0.25) is 0 Å². The molecule has 32 heavy (non-hydrogen) atoms. The van der Waals surface area contributed by atoms with Crippen LogP contribution in [0.5, 0.6) is 17.2 Å². The van der Waals surface area contributed by atoms with Gasteiger partial charge in [0.1, 0.15) is 35.8 Å². The van der Waals surface area contributed by atoms with Gasteiger partial charge in [0.25, 0.3) is 0 Å². The van der Waals surface area contributed by atoms with E-state index in [2.05, 4.69) is 10.3 Å². The SMILES string of the molecule is CC(C(=O)Nc1ccc2c(c1)OCCO2)S(=O)(=O)Cc1csc(COc2ccccc2)n1. The molecule has 0 bridgehead atoms. The van der Waals surface area contributed by atoms with Gasteiger partial charge in [-0.15, -0.1) is 11.3 Å². The van der Waals surface area contributed by atoms with Gasteiger partial charge < -0.3 is 19.5 Å². The summed E-state index contributed by atoms with van der Waals surface area (Å²) in [5, 5.41) is 3.72. The molecule has 4 rings (SSSR count). The Labute approximate surface area is 190 Å². The monoisotopic (exact) mass is 474 g/mol. The summed E-state index contributed by atoms with van der Waals surface area (Å²) in [7, 11) is -3.77. The normalized spacial score (nSPS) is 13.9. The molecule has 0 radical (unpaired) electrons. The largest absolute Gasteiger partial charge is 0.486 e. The van der Waals surface area contributed by atoms with E-state index in [0.717, 1.165) is 0 Å². The quantitative estimate of drug-likeness (QED) is 0.533. The molecule has 0 aliphatic carbocycles. The highest BCUT2D eigenvalue weighted by atomic mass is 32.2. The molecular weight excluding hydrogens is 452 g/mol. The lowest BCUT2D eigenvalue weighted by atomic mass is 10.2. The number of carbonyl (C=O) groups is 1. The van der Waals surface area contributed by atoms with Crippen LogP contribution in [0.15, 0.2) is 53.9 Å². The predicted octanol–water partition coefficient (Wildman–Crippen LogP) is 3.44. The zero-order chi connectivity index (χ0) is 22.6. The van der Waals surface area contributed by atoms with Crippen LogP contribution in [0.3, 0.4) is 0 Å². The number of amides is 1. The summed E-state index contributed by atoms with van der Waals surface area (Å²) in [5.41, 5.74) is 0.830. The zero-order valence-electron chi connectivity index (χ0n) is 17.3. The molecule has 1 aromatic heterocycles. The fourth-order valence-corrected chi connectivity index (χ4v) is 5.01. The van der Waals surface area contributed by atoms with E-state index in [1.807, 2.05) is 30.3 Å². The number of ether oxygens (including phenoxy) is 3. The molecule has 1 atom stereocenters. The molecule has 0 saturated heterocycles. The molecule has 168 valence electrons. The van der Waals surface area contributed by atoms with E-state index in [9.17, 15) is 13.2 Å². The molecule has 2 aromatic carbocycles. The van der Waals surface area contributed by atoms with E-state index >= 15 is 0 Å². The summed E-state index contributed by atoms with van der Waals surface area (Å²) in [6.45, 7) is 2.50. The average Bonchev–Trinajstić information content (AvgIpc) is 3.24. The molecule has 10 heteroatoms. The van der Waals surface area contributed by atoms with Gasteiger partial charge in [-0.25, -0.2) is 13.4 Å². The predicted molar refractivity (Wildman–Crippen MR) is 121 cm³/mol. The number of aromatic nitrogens is 1. The van der Waals surface area contributed by atoms with Crippen molar-refractivity contribution in [2.45, 2.75) is 24.5 Å². The summed E-state index contributed by atoms with van der Waals surface area (Å²) in [6.07, 6.45) is 0. The minimum atomic E-state index is -3.77. The van der Waals surface area contributed by atoms with Crippen molar-refractivity contribution in [3.8, 4) is 17.2 Å². The summed E-state index contributed by atoms with van der Waals surface area (Å²) in [4.78, 5) is 16.9. The molecule has 0 fully saturated rings. The van der Waals surface area contributed by atoms with Crippen LogP contribution in [0.4, 0.5) is 5.69 Å². The van der Waals surface area contributed by atoms with E-state index in [4.69, 9.17) is 14.2 Å². The van der Waals surface area contributed by atoms with Gasteiger partial charge in [0.05, 0.1) is 11.4 Å². The van der Waals surface area contributed by atoms with Crippen molar-refractivity contribution in [1.29, 1.82) is 0 Å². The minimum absolute atomic E-state index is 0.245. The Hall–Kier alpha value is -3.11. The Kier molecular flexibility index (Phi) is 6.61. The Morgan fingerprint density at radius 2 is 1.91 bits per heavy atom. The number of nitrogens with zero attached hydrogens (tertiary/aromatic N) is 1.